The van der Waals surface area contributed by atoms with Crippen LogP contribution in [0.5, 0.6) is 11.5 Å². The second-order valence-electron chi connectivity index (χ2n) is 9.91. The molecular weight excluding hydrogens is 474 g/mol. The van der Waals surface area contributed by atoms with Crippen LogP contribution in [0.1, 0.15) is 56.6 Å². The third-order valence-electron chi connectivity index (χ3n) is 7.03. The summed E-state index contributed by atoms with van der Waals surface area (Å²) in [4.78, 5) is 11.2. The molecule has 0 fully saturated rings. The van der Waals surface area contributed by atoms with Crippen LogP contribution in [0, 0.1) is 11.8 Å². The van der Waals surface area contributed by atoms with Crippen molar-refractivity contribution < 1.29 is 9.84 Å². The van der Waals surface area contributed by atoms with Crippen LogP contribution < -0.4 is 10.1 Å². The molecule has 38 heavy (non-hydrogen) atoms. The quantitative estimate of drug-likeness (QED) is 0.124. The standard InChI is InChI=1S/C32H39N3O3/c1-3-4-5-6-19-33-20-7-8-21-38-29-16-9-25(10-17-29)23-35-31-18-13-27(34-37)22-30(31)24(2)32(35)26-11-14-28(36)15-12-26/h9-18,22,33,36H,3-8,19-21,23H2,1-2H3. The Morgan fingerprint density at radius 1 is 0.895 bits per heavy atom. The molecule has 4 rings (SSSR count). The van der Waals surface area contributed by atoms with E-state index in [9.17, 15) is 10.0 Å². The van der Waals surface area contributed by atoms with Crippen molar-refractivity contribution in [3.63, 3.8) is 0 Å². The molecule has 3 aromatic carbocycles. The van der Waals surface area contributed by atoms with Gasteiger partial charge in [-0.15, -0.1) is 4.91 Å². The summed E-state index contributed by atoms with van der Waals surface area (Å²) in [6, 6.07) is 21.1. The number of aromatic hydroxyl groups is 1. The number of rotatable bonds is 15. The van der Waals surface area contributed by atoms with Crippen molar-refractivity contribution in [1.29, 1.82) is 0 Å². The molecule has 0 radical (unpaired) electrons. The number of ether oxygens (including phenoxy) is 1. The molecule has 2 N–H and O–H groups in total. The first-order chi connectivity index (χ1) is 18.6. The molecule has 0 aliphatic rings. The first-order valence-electron chi connectivity index (χ1n) is 13.8. The molecule has 4 aromatic rings. The number of hydrogen-bond donors (Lipinski definition) is 2. The Hall–Kier alpha value is -3.64. The van der Waals surface area contributed by atoms with Gasteiger partial charge in [0.2, 0.25) is 0 Å². The highest BCUT2D eigenvalue weighted by atomic mass is 16.5. The highest BCUT2D eigenvalue weighted by Gasteiger charge is 2.17. The maximum atomic E-state index is 11.2. The van der Waals surface area contributed by atoms with Gasteiger partial charge in [-0.25, -0.2) is 0 Å². The largest absolute Gasteiger partial charge is 0.508 e. The van der Waals surface area contributed by atoms with Crippen LogP contribution in [0.25, 0.3) is 22.2 Å². The van der Waals surface area contributed by atoms with Gasteiger partial charge in [0.1, 0.15) is 17.2 Å². The Morgan fingerprint density at radius 3 is 2.34 bits per heavy atom. The van der Waals surface area contributed by atoms with Gasteiger partial charge in [-0.2, -0.15) is 0 Å². The lowest BCUT2D eigenvalue weighted by atomic mass is 10.1. The Bertz CT molecular complexity index is 1310. The summed E-state index contributed by atoms with van der Waals surface area (Å²) in [6.07, 6.45) is 7.35. The Labute approximate surface area is 225 Å². The highest BCUT2D eigenvalue weighted by molar-refractivity contribution is 5.93. The molecule has 0 atom stereocenters. The summed E-state index contributed by atoms with van der Waals surface area (Å²) in [5.41, 5.74) is 5.75. The Balaban J connectivity index is 1.40. The number of unbranched alkanes of at least 4 members (excludes halogenated alkanes) is 4. The van der Waals surface area contributed by atoms with Gasteiger partial charge < -0.3 is 19.7 Å². The van der Waals surface area contributed by atoms with Crippen molar-refractivity contribution in [2.45, 2.75) is 58.9 Å². The molecule has 1 aromatic heterocycles. The average molecular weight is 514 g/mol. The van der Waals surface area contributed by atoms with E-state index in [1.165, 1.54) is 25.7 Å². The topological polar surface area (TPSA) is 75.8 Å². The fraction of sp³-hybridized carbons (Fsp3) is 0.375. The summed E-state index contributed by atoms with van der Waals surface area (Å²) < 4.78 is 8.24. The molecule has 6 heteroatoms. The SMILES string of the molecule is CCCCCCNCCCCOc1ccc(Cn2c(-c3ccc(O)cc3)c(C)c3cc(N=O)ccc32)cc1. The van der Waals surface area contributed by atoms with Crippen LogP contribution in [0.2, 0.25) is 0 Å². The predicted molar refractivity (Wildman–Crippen MR) is 157 cm³/mol. The van der Waals surface area contributed by atoms with Crippen molar-refractivity contribution in [1.82, 2.24) is 9.88 Å². The summed E-state index contributed by atoms with van der Waals surface area (Å²) in [5.74, 6) is 1.12. The van der Waals surface area contributed by atoms with Gasteiger partial charge in [0.15, 0.2) is 0 Å². The number of fused-ring (bicyclic) bond motifs is 1. The van der Waals surface area contributed by atoms with Gasteiger partial charge in [0.05, 0.1) is 12.3 Å². The molecule has 0 bridgehead atoms. The third-order valence-corrected chi connectivity index (χ3v) is 7.03. The monoisotopic (exact) mass is 513 g/mol. The van der Waals surface area contributed by atoms with E-state index in [0.29, 0.717) is 12.2 Å². The molecular formula is C32H39N3O3. The molecule has 0 saturated carbocycles. The minimum absolute atomic E-state index is 0.232. The summed E-state index contributed by atoms with van der Waals surface area (Å²) in [6.45, 7) is 7.85. The van der Waals surface area contributed by atoms with Gasteiger partial charge in [-0.05, 0) is 116 Å². The first kappa shape index (κ1) is 27.4. The number of nitrogens with one attached hydrogen (secondary N) is 1. The molecule has 0 saturated heterocycles. The predicted octanol–water partition coefficient (Wildman–Crippen LogP) is 8.10. The molecule has 0 spiro atoms. The van der Waals surface area contributed by atoms with E-state index >= 15 is 0 Å². The van der Waals surface area contributed by atoms with Crippen molar-refractivity contribution in [3.05, 3.63) is 82.8 Å². The van der Waals surface area contributed by atoms with Gasteiger partial charge in [-0.1, -0.05) is 38.3 Å². The minimum atomic E-state index is 0.232. The lowest BCUT2D eigenvalue weighted by Gasteiger charge is -2.13. The van der Waals surface area contributed by atoms with Crippen molar-refractivity contribution in [3.8, 4) is 22.8 Å². The van der Waals surface area contributed by atoms with E-state index in [-0.39, 0.29) is 5.75 Å². The third kappa shape index (κ3) is 7.01. The van der Waals surface area contributed by atoms with E-state index in [2.05, 4.69) is 41.0 Å². The summed E-state index contributed by atoms with van der Waals surface area (Å²) >= 11 is 0. The van der Waals surface area contributed by atoms with Gasteiger partial charge >= 0.3 is 0 Å². The molecule has 0 unspecified atom stereocenters. The van der Waals surface area contributed by atoms with Crippen molar-refractivity contribution in [2.75, 3.05) is 19.7 Å². The number of phenols is 1. The lowest BCUT2D eigenvalue weighted by Crippen LogP contribution is -2.17. The average Bonchev–Trinajstić information content (AvgIpc) is 3.21. The molecule has 0 aliphatic heterocycles. The van der Waals surface area contributed by atoms with Gasteiger partial charge in [0, 0.05) is 17.4 Å². The van der Waals surface area contributed by atoms with Crippen LogP contribution >= 0.6 is 0 Å². The van der Waals surface area contributed by atoms with Gasteiger partial charge in [0.25, 0.3) is 0 Å². The van der Waals surface area contributed by atoms with E-state index in [0.717, 1.165) is 71.6 Å². The minimum Gasteiger partial charge on any atom is -0.508 e. The fourth-order valence-corrected chi connectivity index (χ4v) is 4.94. The van der Waals surface area contributed by atoms with Crippen LogP contribution in [-0.2, 0) is 6.54 Å². The van der Waals surface area contributed by atoms with Crippen LogP contribution in [0.15, 0.2) is 71.9 Å². The normalized spacial score (nSPS) is 11.2. The first-order valence-corrected chi connectivity index (χ1v) is 13.8. The Kier molecular flexibility index (Phi) is 9.93. The van der Waals surface area contributed by atoms with E-state index in [1.807, 2.05) is 36.4 Å². The zero-order valence-corrected chi connectivity index (χ0v) is 22.6. The maximum absolute atomic E-state index is 11.2. The second-order valence-corrected chi connectivity index (χ2v) is 9.91. The molecule has 200 valence electrons. The zero-order valence-electron chi connectivity index (χ0n) is 22.6. The zero-order chi connectivity index (χ0) is 26.7. The molecule has 0 aliphatic carbocycles. The second kappa shape index (κ2) is 13.8. The van der Waals surface area contributed by atoms with Gasteiger partial charge in [-0.3, -0.25) is 0 Å². The maximum Gasteiger partial charge on any atom is 0.119 e. The molecule has 1 heterocycles. The van der Waals surface area contributed by atoms with E-state index in [4.69, 9.17) is 4.74 Å². The van der Waals surface area contributed by atoms with Crippen LogP contribution in [0.4, 0.5) is 5.69 Å². The number of aromatic nitrogens is 1. The Morgan fingerprint density at radius 2 is 1.63 bits per heavy atom. The fourth-order valence-electron chi connectivity index (χ4n) is 4.94. The van der Waals surface area contributed by atoms with E-state index in [1.54, 1.807) is 18.2 Å². The van der Waals surface area contributed by atoms with Crippen molar-refractivity contribution >= 4 is 16.6 Å². The van der Waals surface area contributed by atoms with E-state index < -0.39 is 0 Å². The number of hydrogen-bond acceptors (Lipinski definition) is 5. The number of benzene rings is 3. The number of phenolic OH excluding ortho intramolecular Hbond substituents is 1. The van der Waals surface area contributed by atoms with Crippen LogP contribution in [-0.4, -0.2) is 29.4 Å². The summed E-state index contributed by atoms with van der Waals surface area (Å²) in [7, 11) is 0. The number of nitrogens with zero attached hydrogens (tertiary/aromatic N) is 2. The number of aryl methyl sites for hydroxylation is 1. The molecule has 6 nitrogen and oxygen atoms in total. The highest BCUT2D eigenvalue weighted by Crippen LogP contribution is 2.36. The summed E-state index contributed by atoms with van der Waals surface area (Å²) in [5, 5.41) is 17.4. The van der Waals surface area contributed by atoms with Crippen molar-refractivity contribution in [2.24, 2.45) is 5.18 Å². The lowest BCUT2D eigenvalue weighted by molar-refractivity contribution is 0.305. The number of nitroso groups, excluding NO2 is 1. The van der Waals surface area contributed by atoms with Crippen LogP contribution in [0.3, 0.4) is 0 Å². The smallest absolute Gasteiger partial charge is 0.119 e. The molecule has 0 amide bonds.